The van der Waals surface area contributed by atoms with E-state index in [1.165, 1.54) is 30.5 Å². The molecule has 1 atom stereocenters. The highest BCUT2D eigenvalue weighted by Gasteiger charge is 2.28. The summed E-state index contributed by atoms with van der Waals surface area (Å²) < 4.78 is 7.20. The highest BCUT2D eigenvalue weighted by molar-refractivity contribution is 5.94. The van der Waals surface area contributed by atoms with Crippen LogP contribution in [0.1, 0.15) is 41.4 Å². The summed E-state index contributed by atoms with van der Waals surface area (Å²) in [5, 5.41) is 14.1. The van der Waals surface area contributed by atoms with Crippen LogP contribution in [0.25, 0.3) is 5.69 Å². The lowest BCUT2D eigenvalue weighted by Gasteiger charge is -2.30. The van der Waals surface area contributed by atoms with E-state index >= 15 is 0 Å². The van der Waals surface area contributed by atoms with E-state index in [4.69, 9.17) is 4.42 Å². The first-order chi connectivity index (χ1) is 13.3. The van der Waals surface area contributed by atoms with Crippen LogP contribution in [0.5, 0.6) is 0 Å². The van der Waals surface area contributed by atoms with Crippen molar-refractivity contribution in [3.8, 4) is 5.69 Å². The average molecular weight is 367 g/mol. The maximum Gasteiger partial charge on any atom is 0.251 e. The molecule has 0 spiro atoms. The van der Waals surface area contributed by atoms with E-state index < -0.39 is 0 Å². The summed E-state index contributed by atoms with van der Waals surface area (Å²) in [5.41, 5.74) is 1.42. The molecule has 2 N–H and O–H groups in total. The lowest BCUT2D eigenvalue weighted by molar-refractivity contribution is -0.936. The van der Waals surface area contributed by atoms with E-state index in [2.05, 4.69) is 20.8 Å². The Morgan fingerprint density at radius 2 is 2.00 bits per heavy atom. The highest BCUT2D eigenvalue weighted by atomic mass is 16.3. The van der Waals surface area contributed by atoms with Gasteiger partial charge in [0.15, 0.2) is 11.8 Å². The van der Waals surface area contributed by atoms with Gasteiger partial charge in [-0.3, -0.25) is 4.79 Å². The van der Waals surface area contributed by atoms with Gasteiger partial charge in [-0.25, -0.2) is 4.68 Å². The summed E-state index contributed by atoms with van der Waals surface area (Å²) in [6, 6.07) is 11.3. The number of nitrogens with zero attached hydrogens (tertiary/aromatic N) is 4. The molecular weight excluding hydrogens is 344 g/mol. The smallest absolute Gasteiger partial charge is 0.251 e. The SMILES string of the molecule is O=C(NC[C@@H](c1ccco1)[NH+]1CCCCC1)c1ccc(-n2cnnn2)cc1. The van der Waals surface area contributed by atoms with Gasteiger partial charge in [0.05, 0.1) is 31.6 Å². The number of piperidine rings is 1. The second-order valence-electron chi connectivity index (χ2n) is 6.80. The molecule has 1 aliphatic rings. The Morgan fingerprint density at radius 1 is 1.19 bits per heavy atom. The third kappa shape index (κ3) is 4.06. The first kappa shape index (κ1) is 17.4. The first-order valence-corrected chi connectivity index (χ1v) is 9.31. The largest absolute Gasteiger partial charge is 0.463 e. The predicted octanol–water partition coefficient (Wildman–Crippen LogP) is 0.795. The van der Waals surface area contributed by atoms with Crippen molar-refractivity contribution < 1.29 is 14.1 Å². The van der Waals surface area contributed by atoms with E-state index in [1.54, 1.807) is 23.1 Å². The molecule has 0 saturated carbocycles. The molecule has 1 aromatic carbocycles. The maximum absolute atomic E-state index is 12.6. The number of carbonyl (C=O) groups is 1. The molecule has 0 unspecified atom stereocenters. The predicted molar refractivity (Wildman–Crippen MR) is 97.5 cm³/mol. The number of tetrazole rings is 1. The van der Waals surface area contributed by atoms with Gasteiger partial charge in [0, 0.05) is 5.56 Å². The van der Waals surface area contributed by atoms with Crippen LogP contribution >= 0.6 is 0 Å². The van der Waals surface area contributed by atoms with E-state index in [1.807, 2.05) is 24.3 Å². The monoisotopic (exact) mass is 367 g/mol. The van der Waals surface area contributed by atoms with Crippen molar-refractivity contribution in [2.45, 2.75) is 25.3 Å². The van der Waals surface area contributed by atoms with Crippen molar-refractivity contribution in [1.29, 1.82) is 0 Å². The van der Waals surface area contributed by atoms with Crippen molar-refractivity contribution in [2.75, 3.05) is 19.6 Å². The molecule has 140 valence electrons. The number of quaternary nitrogens is 1. The molecule has 2 aromatic heterocycles. The number of amides is 1. The molecule has 8 heteroatoms. The van der Waals surface area contributed by atoms with Gasteiger partial charge in [0.25, 0.3) is 5.91 Å². The minimum atomic E-state index is -0.0915. The number of nitrogens with one attached hydrogen (secondary N) is 2. The molecule has 0 bridgehead atoms. The average Bonchev–Trinajstić information content (AvgIpc) is 3.43. The van der Waals surface area contributed by atoms with Gasteiger partial charge < -0.3 is 14.6 Å². The molecule has 3 aromatic rings. The van der Waals surface area contributed by atoms with Gasteiger partial charge in [-0.2, -0.15) is 0 Å². The molecule has 4 rings (SSSR count). The number of hydrogen-bond donors (Lipinski definition) is 2. The molecule has 1 fully saturated rings. The van der Waals surface area contributed by atoms with Crippen LogP contribution in [0.3, 0.4) is 0 Å². The lowest BCUT2D eigenvalue weighted by Crippen LogP contribution is -3.13. The number of rotatable bonds is 6. The Morgan fingerprint density at radius 3 is 2.67 bits per heavy atom. The van der Waals surface area contributed by atoms with Crippen LogP contribution in [0.15, 0.2) is 53.4 Å². The van der Waals surface area contributed by atoms with Crippen LogP contribution in [-0.4, -0.2) is 45.7 Å². The van der Waals surface area contributed by atoms with E-state index in [0.717, 1.165) is 24.5 Å². The normalized spacial score (nSPS) is 16.1. The van der Waals surface area contributed by atoms with Crippen LogP contribution in [-0.2, 0) is 0 Å². The third-order valence-corrected chi connectivity index (χ3v) is 5.09. The second kappa shape index (κ2) is 8.13. The standard InChI is InChI=1S/C19H22N6O2/c26-19(15-6-8-16(9-7-15)25-14-21-22-23-25)20-13-17(18-5-4-12-27-18)24-10-2-1-3-11-24/h4-9,12,14,17H,1-3,10-11,13H2,(H,20,26)/p+1/t17-/m0/s1. The Labute approximate surface area is 157 Å². The molecule has 3 heterocycles. The molecule has 1 aliphatic heterocycles. The summed E-state index contributed by atoms with van der Waals surface area (Å²) in [6.45, 7) is 2.78. The zero-order chi connectivity index (χ0) is 18.5. The van der Waals surface area contributed by atoms with E-state index in [-0.39, 0.29) is 11.9 Å². The number of hydrogen-bond acceptors (Lipinski definition) is 5. The van der Waals surface area contributed by atoms with Crippen LogP contribution < -0.4 is 10.2 Å². The van der Waals surface area contributed by atoms with Crippen LogP contribution in [0, 0.1) is 0 Å². The Kier molecular flexibility index (Phi) is 5.24. The molecule has 1 saturated heterocycles. The van der Waals surface area contributed by atoms with E-state index in [0.29, 0.717) is 12.1 Å². The first-order valence-electron chi connectivity index (χ1n) is 9.31. The Balaban J connectivity index is 1.41. The summed E-state index contributed by atoms with van der Waals surface area (Å²) in [7, 11) is 0. The minimum Gasteiger partial charge on any atom is -0.463 e. The van der Waals surface area contributed by atoms with Crippen molar-refractivity contribution in [3.05, 3.63) is 60.3 Å². The van der Waals surface area contributed by atoms with Gasteiger partial charge >= 0.3 is 0 Å². The lowest BCUT2D eigenvalue weighted by atomic mass is 10.1. The Hall–Kier alpha value is -3.00. The molecule has 27 heavy (non-hydrogen) atoms. The van der Waals surface area contributed by atoms with Gasteiger partial charge in [-0.1, -0.05) is 0 Å². The Bertz CT molecular complexity index is 839. The topological polar surface area (TPSA) is 90.3 Å². The molecule has 8 nitrogen and oxygen atoms in total. The fraction of sp³-hybridized carbons (Fsp3) is 0.368. The van der Waals surface area contributed by atoms with Crippen molar-refractivity contribution in [2.24, 2.45) is 0 Å². The van der Waals surface area contributed by atoms with Crippen molar-refractivity contribution in [1.82, 2.24) is 25.5 Å². The van der Waals surface area contributed by atoms with Gasteiger partial charge in [0.2, 0.25) is 0 Å². The highest BCUT2D eigenvalue weighted by Crippen LogP contribution is 2.12. The maximum atomic E-state index is 12.6. The minimum absolute atomic E-state index is 0.0915. The van der Waals surface area contributed by atoms with Crippen LogP contribution in [0.4, 0.5) is 0 Å². The number of furan rings is 1. The summed E-state index contributed by atoms with van der Waals surface area (Å²) in [4.78, 5) is 14.1. The second-order valence-corrected chi connectivity index (χ2v) is 6.80. The van der Waals surface area contributed by atoms with Crippen LogP contribution in [0.2, 0.25) is 0 Å². The summed E-state index contributed by atoms with van der Waals surface area (Å²) >= 11 is 0. The van der Waals surface area contributed by atoms with Gasteiger partial charge in [-0.05, 0) is 66.1 Å². The fourth-order valence-corrected chi connectivity index (χ4v) is 3.63. The summed E-state index contributed by atoms with van der Waals surface area (Å²) in [6.07, 6.45) is 6.95. The molecule has 1 amide bonds. The number of carbonyl (C=O) groups excluding carboxylic acids is 1. The number of benzene rings is 1. The third-order valence-electron chi connectivity index (χ3n) is 5.09. The zero-order valence-corrected chi connectivity index (χ0v) is 15.0. The molecular formula is C19H23N6O2+. The molecule has 0 radical (unpaired) electrons. The quantitative estimate of drug-likeness (QED) is 0.672. The summed E-state index contributed by atoms with van der Waals surface area (Å²) in [5.74, 6) is 0.840. The zero-order valence-electron chi connectivity index (χ0n) is 15.0. The van der Waals surface area contributed by atoms with Crippen molar-refractivity contribution >= 4 is 5.91 Å². The van der Waals surface area contributed by atoms with Gasteiger partial charge in [-0.15, -0.1) is 5.10 Å². The molecule has 0 aliphatic carbocycles. The van der Waals surface area contributed by atoms with Crippen molar-refractivity contribution in [3.63, 3.8) is 0 Å². The van der Waals surface area contributed by atoms with E-state index in [9.17, 15) is 4.79 Å². The fourth-order valence-electron chi connectivity index (χ4n) is 3.63. The number of aromatic nitrogens is 4. The number of likely N-dealkylation sites (tertiary alicyclic amines) is 1. The van der Waals surface area contributed by atoms with Gasteiger partial charge in [0.1, 0.15) is 6.33 Å².